The van der Waals surface area contributed by atoms with E-state index in [9.17, 15) is 23.6 Å². The van der Waals surface area contributed by atoms with Crippen molar-refractivity contribution in [3.63, 3.8) is 0 Å². The second-order valence-electron chi connectivity index (χ2n) is 9.12. The monoisotopic (exact) mass is 623 g/mol. The molecule has 0 aliphatic carbocycles. The van der Waals surface area contributed by atoms with E-state index in [-0.39, 0.29) is 23.2 Å². The highest BCUT2D eigenvalue weighted by Crippen LogP contribution is 2.53. The van der Waals surface area contributed by atoms with Crippen LogP contribution < -0.4 is 15.1 Å². The van der Waals surface area contributed by atoms with Crippen LogP contribution in [0.15, 0.2) is 93.2 Å². The summed E-state index contributed by atoms with van der Waals surface area (Å²) in [6.07, 6.45) is 0. The van der Waals surface area contributed by atoms with E-state index >= 15 is 0 Å². The predicted molar refractivity (Wildman–Crippen MR) is 152 cm³/mol. The van der Waals surface area contributed by atoms with Gasteiger partial charge in [0.15, 0.2) is 0 Å². The number of halogens is 2. The van der Waals surface area contributed by atoms with Crippen molar-refractivity contribution in [2.45, 2.75) is 22.7 Å². The second-order valence-corrected chi connectivity index (χ2v) is 12.2. The molecule has 3 aromatic carbocycles. The fourth-order valence-electron chi connectivity index (χ4n) is 5.00. The van der Waals surface area contributed by atoms with Crippen molar-refractivity contribution in [3.05, 3.63) is 109 Å². The molecule has 11 heteroatoms. The number of amides is 3. The van der Waals surface area contributed by atoms with Crippen LogP contribution in [0.4, 0.5) is 15.8 Å². The molecule has 3 atom stereocenters. The molecule has 7 nitrogen and oxygen atoms in total. The number of nitrogens with zero attached hydrogens (tertiary/aromatic N) is 2. The summed E-state index contributed by atoms with van der Waals surface area (Å²) in [5.41, 5.74) is 1.70. The molecule has 0 radical (unpaired) electrons. The number of aromatic nitrogens is 1. The van der Waals surface area contributed by atoms with E-state index < -0.39 is 28.8 Å². The van der Waals surface area contributed by atoms with Crippen molar-refractivity contribution in [2.24, 2.45) is 5.92 Å². The first kappa shape index (κ1) is 25.7. The minimum absolute atomic E-state index is 0.285. The maximum Gasteiger partial charge on any atom is 0.308 e. The maximum absolute atomic E-state index is 13.8. The van der Waals surface area contributed by atoms with E-state index in [2.05, 4.69) is 21.2 Å². The van der Waals surface area contributed by atoms with Crippen LogP contribution in [0.2, 0.25) is 0 Å². The zero-order chi connectivity index (χ0) is 27.3. The lowest BCUT2D eigenvalue weighted by molar-refractivity contribution is -0.122. The van der Waals surface area contributed by atoms with Crippen LogP contribution >= 0.6 is 39.0 Å². The van der Waals surface area contributed by atoms with Gasteiger partial charge in [0.1, 0.15) is 17.6 Å². The fourth-order valence-corrected chi connectivity index (χ4v) is 8.03. The summed E-state index contributed by atoms with van der Waals surface area (Å²) >= 11 is 5.53. The Labute approximate surface area is 238 Å². The Morgan fingerprint density at radius 3 is 2.31 bits per heavy atom. The average molecular weight is 625 g/mol. The van der Waals surface area contributed by atoms with Crippen molar-refractivity contribution in [1.29, 1.82) is 0 Å². The molecule has 3 unspecified atom stereocenters. The lowest BCUT2D eigenvalue weighted by atomic mass is 9.83. The van der Waals surface area contributed by atoms with Crippen LogP contribution in [0.25, 0.3) is 0 Å². The number of carbonyl (C=O) groups excluding carboxylic acids is 3. The number of hydrogen-bond donors (Lipinski definition) is 1. The van der Waals surface area contributed by atoms with Gasteiger partial charge in [-0.2, -0.15) is 0 Å². The standard InChI is InChI=1S/C28H19BrFN3O4S2/c29-16-6-12-19(13-7-16)33-25(35)22-21(15-4-2-1-3-5-15)24-27(38-23(22)26(33)36)32(28(37)39-24)14-20(34)31-18-10-8-17(30)9-11-18/h1-13,21-23H,14H2,(H,31,34). The van der Waals surface area contributed by atoms with Crippen LogP contribution in [0.1, 0.15) is 16.4 Å². The molecule has 0 spiro atoms. The number of thioether (sulfide) groups is 1. The van der Waals surface area contributed by atoms with Gasteiger partial charge in [0.25, 0.3) is 0 Å². The SMILES string of the molecule is O=C(Cn1c2c(sc1=O)C(c1ccccc1)C1C(=O)N(c3ccc(Br)cc3)C(=O)C1S2)Nc1ccc(F)cc1. The van der Waals surface area contributed by atoms with Crippen molar-refractivity contribution < 1.29 is 18.8 Å². The molecule has 1 saturated heterocycles. The highest BCUT2D eigenvalue weighted by atomic mass is 79.9. The van der Waals surface area contributed by atoms with Gasteiger partial charge in [-0.3, -0.25) is 23.7 Å². The molecular formula is C28H19BrFN3O4S2. The Hall–Kier alpha value is -3.54. The number of carbonyl (C=O) groups is 3. The van der Waals surface area contributed by atoms with Gasteiger partial charge in [-0.1, -0.05) is 69.4 Å². The molecular weight excluding hydrogens is 605 g/mol. The minimum atomic E-state index is -0.765. The lowest BCUT2D eigenvalue weighted by Gasteiger charge is -2.30. The molecule has 0 saturated carbocycles. The van der Waals surface area contributed by atoms with Gasteiger partial charge in [-0.25, -0.2) is 9.29 Å². The van der Waals surface area contributed by atoms with Gasteiger partial charge in [-0.15, -0.1) is 0 Å². The summed E-state index contributed by atoms with van der Waals surface area (Å²) in [6.45, 7) is -0.285. The average Bonchev–Trinajstić information content (AvgIpc) is 3.37. The summed E-state index contributed by atoms with van der Waals surface area (Å²) in [5, 5.41) is 2.42. The quantitative estimate of drug-likeness (QED) is 0.307. The molecule has 3 heterocycles. The van der Waals surface area contributed by atoms with Crippen LogP contribution in [-0.2, 0) is 20.9 Å². The third-order valence-electron chi connectivity index (χ3n) is 6.72. The first-order chi connectivity index (χ1) is 18.8. The highest BCUT2D eigenvalue weighted by molar-refractivity contribution is 9.10. The Bertz CT molecular complexity index is 1660. The summed E-state index contributed by atoms with van der Waals surface area (Å²) in [6, 6.07) is 21.6. The molecule has 1 fully saturated rings. The molecule has 3 amide bonds. The highest BCUT2D eigenvalue weighted by Gasteiger charge is 2.56. The molecule has 1 aromatic heterocycles. The van der Waals surface area contributed by atoms with Gasteiger partial charge >= 0.3 is 4.87 Å². The largest absolute Gasteiger partial charge is 0.325 e. The van der Waals surface area contributed by atoms with Crippen molar-refractivity contribution >= 4 is 68.1 Å². The Morgan fingerprint density at radius 2 is 1.62 bits per heavy atom. The number of benzene rings is 3. The lowest BCUT2D eigenvalue weighted by Crippen LogP contribution is -2.33. The van der Waals surface area contributed by atoms with E-state index in [4.69, 9.17) is 0 Å². The predicted octanol–water partition coefficient (Wildman–Crippen LogP) is 5.25. The number of anilines is 2. The van der Waals surface area contributed by atoms with Crippen LogP contribution in [0.5, 0.6) is 0 Å². The first-order valence-corrected chi connectivity index (χ1v) is 14.4. The summed E-state index contributed by atoms with van der Waals surface area (Å²) in [5.74, 6) is -2.80. The zero-order valence-electron chi connectivity index (χ0n) is 20.0. The topological polar surface area (TPSA) is 88.5 Å². The maximum atomic E-state index is 13.8. The molecule has 1 N–H and O–H groups in total. The Balaban J connectivity index is 1.39. The van der Waals surface area contributed by atoms with Gasteiger partial charge < -0.3 is 5.32 Å². The number of rotatable bonds is 5. The molecule has 2 aliphatic rings. The summed E-state index contributed by atoms with van der Waals surface area (Å²) < 4.78 is 15.4. The number of nitrogens with one attached hydrogen (secondary N) is 1. The summed E-state index contributed by atoms with van der Waals surface area (Å²) in [4.78, 5) is 55.1. The first-order valence-electron chi connectivity index (χ1n) is 12.0. The van der Waals surface area contributed by atoms with E-state index in [1.54, 1.807) is 24.3 Å². The summed E-state index contributed by atoms with van der Waals surface area (Å²) in [7, 11) is 0. The smallest absolute Gasteiger partial charge is 0.308 e. The van der Waals surface area contributed by atoms with Crippen molar-refractivity contribution in [2.75, 3.05) is 10.2 Å². The molecule has 6 rings (SSSR count). The number of imide groups is 1. The molecule has 0 bridgehead atoms. The third kappa shape index (κ3) is 4.64. The minimum Gasteiger partial charge on any atom is -0.325 e. The van der Waals surface area contributed by atoms with Crippen molar-refractivity contribution in [1.82, 2.24) is 4.57 Å². The van der Waals surface area contributed by atoms with E-state index in [1.807, 2.05) is 30.3 Å². The third-order valence-corrected chi connectivity index (χ3v) is 9.85. The van der Waals surface area contributed by atoms with E-state index in [0.717, 1.165) is 33.1 Å². The van der Waals surface area contributed by atoms with Gasteiger partial charge in [0.2, 0.25) is 17.7 Å². The zero-order valence-corrected chi connectivity index (χ0v) is 23.3. The molecule has 196 valence electrons. The Morgan fingerprint density at radius 1 is 0.923 bits per heavy atom. The van der Waals surface area contributed by atoms with Crippen LogP contribution in [-0.4, -0.2) is 27.5 Å². The second kappa shape index (κ2) is 10.2. The van der Waals surface area contributed by atoms with E-state index in [1.165, 1.54) is 33.7 Å². The normalized spacial score (nSPS) is 20.1. The van der Waals surface area contributed by atoms with Gasteiger partial charge in [0, 0.05) is 21.0 Å². The number of hydrogen-bond acceptors (Lipinski definition) is 6. The number of thiazole rings is 1. The Kier molecular flexibility index (Phi) is 6.74. The van der Waals surface area contributed by atoms with Gasteiger partial charge in [0.05, 0.1) is 16.6 Å². The van der Waals surface area contributed by atoms with Crippen LogP contribution in [0.3, 0.4) is 0 Å². The molecule has 4 aromatic rings. The van der Waals surface area contributed by atoms with Crippen molar-refractivity contribution in [3.8, 4) is 0 Å². The number of fused-ring (bicyclic) bond motifs is 2. The van der Waals surface area contributed by atoms with E-state index in [0.29, 0.717) is 21.3 Å². The molecule has 2 aliphatic heterocycles. The van der Waals surface area contributed by atoms with Crippen LogP contribution in [0, 0.1) is 11.7 Å². The van der Waals surface area contributed by atoms with Gasteiger partial charge in [-0.05, 0) is 54.1 Å². The fraction of sp³-hybridized carbons (Fsp3) is 0.143. The molecule has 39 heavy (non-hydrogen) atoms.